The molecular formula is C18H23N3O2S. The van der Waals surface area contributed by atoms with Crippen LogP contribution in [0.1, 0.15) is 37.5 Å². The Kier molecular flexibility index (Phi) is 4.99. The molecule has 1 aromatic carbocycles. The van der Waals surface area contributed by atoms with Gasteiger partial charge < -0.3 is 15.8 Å². The number of rotatable bonds is 4. The fraction of sp³-hybridized carbons (Fsp3) is 0.444. The topological polar surface area (TPSA) is 77.2 Å². The molecule has 1 fully saturated rings. The molecular weight excluding hydrogens is 322 g/mol. The quantitative estimate of drug-likeness (QED) is 0.890. The molecule has 1 saturated heterocycles. The molecule has 0 unspecified atom stereocenters. The number of ether oxygens (including phenoxy) is 1. The molecule has 2 heterocycles. The van der Waals surface area contributed by atoms with Crippen LogP contribution in [0.2, 0.25) is 0 Å². The molecule has 0 spiro atoms. The molecule has 0 saturated carbocycles. The number of thiazole rings is 1. The van der Waals surface area contributed by atoms with Gasteiger partial charge in [0, 0.05) is 23.7 Å². The number of carbonyl (C=O) groups is 1. The predicted octanol–water partition coefficient (Wildman–Crippen LogP) is 3.38. The minimum atomic E-state index is -0.866. The molecule has 0 bridgehead atoms. The largest absolute Gasteiger partial charge is 0.381 e. The second kappa shape index (κ2) is 7.01. The van der Waals surface area contributed by atoms with Crippen molar-refractivity contribution in [1.29, 1.82) is 0 Å². The lowest BCUT2D eigenvalue weighted by Gasteiger charge is -2.31. The van der Waals surface area contributed by atoms with E-state index in [1.165, 1.54) is 11.3 Å². The molecule has 6 heteroatoms. The second-order valence-corrected chi connectivity index (χ2v) is 7.51. The molecule has 1 aromatic heterocycles. The van der Waals surface area contributed by atoms with Crippen LogP contribution in [0.15, 0.2) is 30.3 Å². The molecule has 24 heavy (non-hydrogen) atoms. The number of hydrogen-bond donors (Lipinski definition) is 2. The van der Waals surface area contributed by atoms with Gasteiger partial charge >= 0.3 is 0 Å². The third kappa shape index (κ3) is 3.50. The zero-order valence-electron chi connectivity index (χ0n) is 14.0. The average molecular weight is 345 g/mol. The Balaban J connectivity index is 1.85. The van der Waals surface area contributed by atoms with Gasteiger partial charge in [-0.2, -0.15) is 0 Å². The summed E-state index contributed by atoms with van der Waals surface area (Å²) in [5, 5.41) is 3.54. The van der Waals surface area contributed by atoms with Gasteiger partial charge in [-0.1, -0.05) is 44.2 Å². The summed E-state index contributed by atoms with van der Waals surface area (Å²) in [6, 6.07) is 10.0. The Morgan fingerprint density at radius 1 is 1.29 bits per heavy atom. The fourth-order valence-electron chi connectivity index (χ4n) is 2.76. The third-order valence-electron chi connectivity index (χ3n) is 4.28. The van der Waals surface area contributed by atoms with Crippen LogP contribution in [0.3, 0.4) is 0 Å². The van der Waals surface area contributed by atoms with Crippen LogP contribution in [0.4, 0.5) is 5.13 Å². The van der Waals surface area contributed by atoms with Crippen LogP contribution in [-0.4, -0.2) is 29.6 Å². The monoisotopic (exact) mass is 345 g/mol. The van der Waals surface area contributed by atoms with E-state index in [2.05, 4.69) is 24.1 Å². The molecule has 128 valence electrons. The van der Waals surface area contributed by atoms with E-state index < -0.39 is 5.54 Å². The second-order valence-electron chi connectivity index (χ2n) is 6.48. The van der Waals surface area contributed by atoms with Crippen LogP contribution >= 0.6 is 11.3 Å². The molecule has 3 rings (SSSR count). The van der Waals surface area contributed by atoms with Crippen molar-refractivity contribution in [1.82, 2.24) is 4.98 Å². The molecule has 0 radical (unpaired) electrons. The van der Waals surface area contributed by atoms with E-state index in [0.29, 0.717) is 37.1 Å². The minimum Gasteiger partial charge on any atom is -0.381 e. The first-order chi connectivity index (χ1) is 11.5. The molecule has 2 aromatic rings. The maximum Gasteiger partial charge on any atom is 0.246 e. The van der Waals surface area contributed by atoms with E-state index in [1.54, 1.807) is 0 Å². The highest BCUT2D eigenvalue weighted by atomic mass is 32.1. The zero-order chi connectivity index (χ0) is 17.2. The van der Waals surface area contributed by atoms with E-state index >= 15 is 0 Å². The summed E-state index contributed by atoms with van der Waals surface area (Å²) in [5.41, 5.74) is 7.38. The van der Waals surface area contributed by atoms with Crippen molar-refractivity contribution in [3.8, 4) is 11.3 Å². The Bertz CT molecular complexity index is 706. The first kappa shape index (κ1) is 17.1. The fourth-order valence-corrected chi connectivity index (χ4v) is 3.75. The number of nitrogens with two attached hydrogens (primary N) is 1. The van der Waals surface area contributed by atoms with Crippen LogP contribution < -0.4 is 11.1 Å². The molecule has 0 aliphatic carbocycles. The van der Waals surface area contributed by atoms with Gasteiger partial charge in [0.25, 0.3) is 0 Å². The van der Waals surface area contributed by atoms with Crippen LogP contribution in [0, 0.1) is 0 Å². The summed E-state index contributed by atoms with van der Waals surface area (Å²) < 4.78 is 5.30. The Labute approximate surface area is 146 Å². The van der Waals surface area contributed by atoms with Gasteiger partial charge in [0.15, 0.2) is 5.13 Å². The lowest BCUT2D eigenvalue weighted by molar-refractivity contribution is -0.124. The first-order valence-electron chi connectivity index (χ1n) is 8.24. The molecule has 0 atom stereocenters. The SMILES string of the molecule is CC(C)c1sc(NC(=O)C2(N)CCOCC2)nc1-c1ccccc1. The Hall–Kier alpha value is -1.76. The number of nitrogens with zero attached hydrogens (tertiary/aromatic N) is 1. The van der Waals surface area contributed by atoms with Gasteiger partial charge in [0.2, 0.25) is 5.91 Å². The summed E-state index contributed by atoms with van der Waals surface area (Å²) in [5.74, 6) is 0.160. The van der Waals surface area contributed by atoms with Crippen molar-refractivity contribution in [2.24, 2.45) is 5.73 Å². The third-order valence-corrected chi connectivity index (χ3v) is 5.55. The Morgan fingerprint density at radius 3 is 2.58 bits per heavy atom. The molecule has 5 nitrogen and oxygen atoms in total. The standard InChI is InChI=1S/C18H23N3O2S/c1-12(2)15-14(13-6-4-3-5-7-13)20-17(24-15)21-16(22)18(19)8-10-23-11-9-18/h3-7,12H,8-11,19H2,1-2H3,(H,20,21,22). The average Bonchev–Trinajstić information content (AvgIpc) is 3.00. The van der Waals surface area contributed by atoms with Crippen LogP contribution in [0.25, 0.3) is 11.3 Å². The predicted molar refractivity (Wildman–Crippen MR) is 97.2 cm³/mol. The summed E-state index contributed by atoms with van der Waals surface area (Å²) in [6.07, 6.45) is 1.07. The number of aromatic nitrogens is 1. The molecule has 1 aliphatic heterocycles. The lowest BCUT2D eigenvalue weighted by atomic mass is 9.90. The number of carbonyl (C=O) groups excluding carboxylic acids is 1. The number of hydrogen-bond acceptors (Lipinski definition) is 5. The van der Waals surface area contributed by atoms with Crippen LogP contribution in [-0.2, 0) is 9.53 Å². The summed E-state index contributed by atoms with van der Waals surface area (Å²) >= 11 is 1.52. The van der Waals surface area contributed by atoms with Crippen molar-refractivity contribution in [2.45, 2.75) is 38.1 Å². The maximum absolute atomic E-state index is 12.6. The van der Waals surface area contributed by atoms with Crippen molar-refractivity contribution in [3.05, 3.63) is 35.2 Å². The number of anilines is 1. The van der Waals surface area contributed by atoms with Crippen molar-refractivity contribution < 1.29 is 9.53 Å². The van der Waals surface area contributed by atoms with Gasteiger partial charge in [-0.05, 0) is 18.8 Å². The van der Waals surface area contributed by atoms with E-state index in [-0.39, 0.29) is 5.91 Å². The highest BCUT2D eigenvalue weighted by molar-refractivity contribution is 7.16. The van der Waals surface area contributed by atoms with Gasteiger partial charge in [-0.25, -0.2) is 4.98 Å². The van der Waals surface area contributed by atoms with E-state index in [0.717, 1.165) is 16.1 Å². The summed E-state index contributed by atoms with van der Waals surface area (Å²) in [6.45, 7) is 5.31. The summed E-state index contributed by atoms with van der Waals surface area (Å²) in [7, 11) is 0. The van der Waals surface area contributed by atoms with Crippen molar-refractivity contribution >= 4 is 22.4 Å². The van der Waals surface area contributed by atoms with Crippen LogP contribution in [0.5, 0.6) is 0 Å². The molecule has 1 amide bonds. The van der Waals surface area contributed by atoms with E-state index in [9.17, 15) is 4.79 Å². The maximum atomic E-state index is 12.6. The van der Waals surface area contributed by atoms with E-state index in [1.807, 2.05) is 30.3 Å². The smallest absolute Gasteiger partial charge is 0.246 e. The number of nitrogens with one attached hydrogen (secondary N) is 1. The zero-order valence-corrected chi connectivity index (χ0v) is 14.9. The number of benzene rings is 1. The minimum absolute atomic E-state index is 0.172. The highest BCUT2D eigenvalue weighted by Gasteiger charge is 2.36. The van der Waals surface area contributed by atoms with Crippen molar-refractivity contribution in [2.75, 3.05) is 18.5 Å². The van der Waals surface area contributed by atoms with Crippen molar-refractivity contribution in [3.63, 3.8) is 0 Å². The highest BCUT2D eigenvalue weighted by Crippen LogP contribution is 2.36. The summed E-state index contributed by atoms with van der Waals surface area (Å²) in [4.78, 5) is 18.4. The lowest BCUT2D eigenvalue weighted by Crippen LogP contribution is -2.54. The van der Waals surface area contributed by atoms with Gasteiger partial charge in [0.1, 0.15) is 5.54 Å². The van der Waals surface area contributed by atoms with Gasteiger partial charge in [0.05, 0.1) is 5.69 Å². The Morgan fingerprint density at radius 2 is 1.96 bits per heavy atom. The first-order valence-corrected chi connectivity index (χ1v) is 9.05. The van der Waals surface area contributed by atoms with Gasteiger partial charge in [-0.15, -0.1) is 11.3 Å². The normalized spacial score (nSPS) is 17.0. The van der Waals surface area contributed by atoms with E-state index in [4.69, 9.17) is 10.5 Å². The van der Waals surface area contributed by atoms with Gasteiger partial charge in [-0.3, -0.25) is 4.79 Å². The molecule has 1 aliphatic rings. The number of amides is 1. The molecule has 3 N–H and O–H groups in total.